The van der Waals surface area contributed by atoms with E-state index in [0.29, 0.717) is 18.3 Å². The van der Waals surface area contributed by atoms with Crippen LogP contribution in [0.4, 0.5) is 0 Å². The van der Waals surface area contributed by atoms with Crippen LogP contribution in [0, 0.1) is 6.92 Å². The maximum Gasteiger partial charge on any atom is 0.258 e. The minimum Gasteiger partial charge on any atom is -0.377 e. The summed E-state index contributed by atoms with van der Waals surface area (Å²) in [6.07, 6.45) is 5.67. The topological polar surface area (TPSA) is 46.8 Å². The van der Waals surface area contributed by atoms with E-state index < -0.39 is 0 Å². The molecule has 0 spiro atoms. The van der Waals surface area contributed by atoms with Crippen molar-refractivity contribution in [3.8, 4) is 0 Å². The van der Waals surface area contributed by atoms with Gasteiger partial charge in [0.1, 0.15) is 5.65 Å². The molecule has 1 aliphatic rings. The normalized spacial score (nSPS) is 19.0. The first-order valence-electron chi connectivity index (χ1n) is 7.91. The third-order valence-electron chi connectivity index (χ3n) is 4.08. The van der Waals surface area contributed by atoms with E-state index in [9.17, 15) is 4.79 Å². The first-order chi connectivity index (χ1) is 10.6. The minimum atomic E-state index is -0.0222. The zero-order valence-electron chi connectivity index (χ0n) is 13.3. The molecule has 1 aliphatic heterocycles. The number of fused-ring (bicyclic) bond motifs is 1. The van der Waals surface area contributed by atoms with Gasteiger partial charge < -0.3 is 4.74 Å². The van der Waals surface area contributed by atoms with Gasteiger partial charge in [0.05, 0.1) is 11.8 Å². The van der Waals surface area contributed by atoms with E-state index in [1.807, 2.05) is 25.3 Å². The van der Waals surface area contributed by atoms with E-state index in [4.69, 9.17) is 4.74 Å². The Labute approximate surface area is 130 Å². The summed E-state index contributed by atoms with van der Waals surface area (Å²) >= 11 is 0. The van der Waals surface area contributed by atoms with Gasteiger partial charge in [-0.3, -0.25) is 14.1 Å². The summed E-state index contributed by atoms with van der Waals surface area (Å²) in [5.41, 5.74) is 2.55. The Morgan fingerprint density at radius 1 is 1.41 bits per heavy atom. The molecule has 5 nitrogen and oxygen atoms in total. The number of aryl methyl sites for hydroxylation is 1. The lowest BCUT2D eigenvalue weighted by Gasteiger charge is -2.27. The summed E-state index contributed by atoms with van der Waals surface area (Å²) in [7, 11) is 2.05. The highest BCUT2D eigenvalue weighted by atomic mass is 16.5. The lowest BCUT2D eigenvalue weighted by molar-refractivity contribution is -0.00274. The molecule has 3 heterocycles. The van der Waals surface area contributed by atoms with E-state index in [1.54, 1.807) is 10.5 Å². The molecule has 1 atom stereocenters. The van der Waals surface area contributed by atoms with E-state index in [0.717, 1.165) is 30.8 Å². The first-order valence-corrected chi connectivity index (χ1v) is 7.91. The van der Waals surface area contributed by atoms with Crippen LogP contribution in [0.3, 0.4) is 0 Å². The summed E-state index contributed by atoms with van der Waals surface area (Å²) in [6.45, 7) is 4.39. The summed E-state index contributed by atoms with van der Waals surface area (Å²) in [6, 6.07) is 5.50. The molecule has 2 aromatic heterocycles. The van der Waals surface area contributed by atoms with Gasteiger partial charge in [0.2, 0.25) is 0 Å². The van der Waals surface area contributed by atoms with Crippen molar-refractivity contribution in [1.29, 1.82) is 0 Å². The number of pyridine rings is 1. The van der Waals surface area contributed by atoms with Gasteiger partial charge in [0, 0.05) is 32.0 Å². The molecule has 0 radical (unpaired) electrons. The van der Waals surface area contributed by atoms with Crippen molar-refractivity contribution in [1.82, 2.24) is 14.3 Å². The number of hydrogen-bond donors (Lipinski definition) is 0. The second-order valence-corrected chi connectivity index (χ2v) is 6.21. The molecule has 2 aromatic rings. The molecule has 1 saturated heterocycles. The molecular formula is C17H23N3O2. The molecule has 0 saturated carbocycles. The van der Waals surface area contributed by atoms with Crippen LogP contribution in [0.2, 0.25) is 0 Å². The number of rotatable bonds is 4. The van der Waals surface area contributed by atoms with Gasteiger partial charge in [-0.15, -0.1) is 0 Å². The van der Waals surface area contributed by atoms with Crippen molar-refractivity contribution in [3.63, 3.8) is 0 Å². The van der Waals surface area contributed by atoms with Crippen molar-refractivity contribution in [2.75, 3.05) is 20.2 Å². The summed E-state index contributed by atoms with van der Waals surface area (Å²) in [5, 5.41) is 0. The summed E-state index contributed by atoms with van der Waals surface area (Å²) in [4.78, 5) is 19.0. The Balaban J connectivity index is 1.73. The second kappa shape index (κ2) is 6.58. The third kappa shape index (κ3) is 3.54. The molecule has 5 heteroatoms. The maximum absolute atomic E-state index is 12.2. The number of aromatic nitrogens is 2. The lowest BCUT2D eigenvalue weighted by Crippen LogP contribution is -2.33. The molecule has 0 bridgehead atoms. The lowest BCUT2D eigenvalue weighted by atomic mass is 10.1. The SMILES string of the molecule is Cc1ccc2nc(CN(C)C[C@@H]3CCCCO3)cc(=O)n2c1. The molecule has 1 fully saturated rings. The van der Waals surface area contributed by atoms with E-state index in [1.165, 1.54) is 12.8 Å². The van der Waals surface area contributed by atoms with Crippen LogP contribution in [0.5, 0.6) is 0 Å². The smallest absolute Gasteiger partial charge is 0.258 e. The van der Waals surface area contributed by atoms with Gasteiger partial charge >= 0.3 is 0 Å². The van der Waals surface area contributed by atoms with Crippen LogP contribution < -0.4 is 5.56 Å². The number of hydrogen-bond acceptors (Lipinski definition) is 4. The average Bonchev–Trinajstić information content (AvgIpc) is 2.49. The van der Waals surface area contributed by atoms with Gasteiger partial charge in [0.25, 0.3) is 5.56 Å². The van der Waals surface area contributed by atoms with Crippen LogP contribution in [0.15, 0.2) is 29.2 Å². The number of nitrogens with zero attached hydrogens (tertiary/aromatic N) is 3. The van der Waals surface area contributed by atoms with Crippen molar-refractivity contribution >= 4 is 5.65 Å². The highest BCUT2D eigenvalue weighted by Gasteiger charge is 2.16. The van der Waals surface area contributed by atoms with Crippen LogP contribution >= 0.6 is 0 Å². The van der Waals surface area contributed by atoms with Gasteiger partial charge in [0.15, 0.2) is 0 Å². The van der Waals surface area contributed by atoms with Crippen molar-refractivity contribution in [2.45, 2.75) is 38.8 Å². The summed E-state index contributed by atoms with van der Waals surface area (Å²) < 4.78 is 7.37. The summed E-state index contributed by atoms with van der Waals surface area (Å²) in [5.74, 6) is 0. The van der Waals surface area contributed by atoms with Gasteiger partial charge in [-0.1, -0.05) is 6.07 Å². The third-order valence-corrected chi connectivity index (χ3v) is 4.08. The fraction of sp³-hybridized carbons (Fsp3) is 0.529. The Bertz CT molecular complexity index is 705. The molecule has 0 aromatic carbocycles. The van der Waals surface area contributed by atoms with Crippen molar-refractivity contribution in [2.24, 2.45) is 0 Å². The predicted octanol–water partition coefficient (Wildman–Crippen LogP) is 2.00. The molecule has 118 valence electrons. The highest BCUT2D eigenvalue weighted by molar-refractivity contribution is 5.39. The monoisotopic (exact) mass is 301 g/mol. The molecule has 0 N–H and O–H groups in total. The van der Waals surface area contributed by atoms with Crippen LogP contribution in [0.25, 0.3) is 5.65 Å². The number of likely N-dealkylation sites (N-methyl/N-ethyl adjacent to an activating group) is 1. The second-order valence-electron chi connectivity index (χ2n) is 6.21. The maximum atomic E-state index is 12.2. The fourth-order valence-electron chi connectivity index (χ4n) is 2.98. The number of ether oxygens (including phenoxy) is 1. The van der Waals surface area contributed by atoms with E-state index >= 15 is 0 Å². The Morgan fingerprint density at radius 3 is 3.05 bits per heavy atom. The quantitative estimate of drug-likeness (QED) is 0.866. The van der Waals surface area contributed by atoms with E-state index in [-0.39, 0.29) is 5.56 Å². The molecule has 0 aliphatic carbocycles. The molecule has 0 amide bonds. The fourth-order valence-corrected chi connectivity index (χ4v) is 2.98. The highest BCUT2D eigenvalue weighted by Crippen LogP contribution is 2.14. The van der Waals surface area contributed by atoms with Crippen LogP contribution in [0.1, 0.15) is 30.5 Å². The largest absolute Gasteiger partial charge is 0.377 e. The first kappa shape index (κ1) is 15.2. The molecule has 22 heavy (non-hydrogen) atoms. The molecular weight excluding hydrogens is 278 g/mol. The Morgan fingerprint density at radius 2 is 2.27 bits per heavy atom. The molecule has 0 unspecified atom stereocenters. The van der Waals surface area contributed by atoms with Gasteiger partial charge in [-0.2, -0.15) is 0 Å². The van der Waals surface area contributed by atoms with Crippen LogP contribution in [-0.4, -0.2) is 40.6 Å². The zero-order valence-corrected chi connectivity index (χ0v) is 13.3. The predicted molar refractivity (Wildman–Crippen MR) is 86.1 cm³/mol. The Hall–Kier alpha value is -1.72. The van der Waals surface area contributed by atoms with E-state index in [2.05, 4.69) is 16.9 Å². The molecule has 3 rings (SSSR count). The average molecular weight is 301 g/mol. The van der Waals surface area contributed by atoms with Gasteiger partial charge in [-0.25, -0.2) is 4.98 Å². The Kier molecular flexibility index (Phi) is 4.55. The van der Waals surface area contributed by atoms with Crippen molar-refractivity contribution in [3.05, 3.63) is 46.0 Å². The zero-order chi connectivity index (χ0) is 15.5. The minimum absolute atomic E-state index is 0.0222. The van der Waals surface area contributed by atoms with Gasteiger partial charge in [-0.05, 0) is 44.9 Å². The standard InChI is InChI=1S/C17H23N3O2/c1-13-6-7-16-18-14(9-17(21)20(16)10-13)11-19(2)12-15-5-3-4-8-22-15/h6-7,9-10,15H,3-5,8,11-12H2,1-2H3/t15-/m0/s1. The van der Waals surface area contributed by atoms with Crippen LogP contribution in [-0.2, 0) is 11.3 Å². The van der Waals surface area contributed by atoms with Crippen molar-refractivity contribution < 1.29 is 4.74 Å².